The van der Waals surface area contributed by atoms with Gasteiger partial charge in [-0.2, -0.15) is 0 Å². The van der Waals surface area contributed by atoms with Crippen molar-refractivity contribution < 1.29 is 14.6 Å². The quantitative estimate of drug-likeness (QED) is 0.750. The lowest BCUT2D eigenvalue weighted by Crippen LogP contribution is -1.95. The summed E-state index contributed by atoms with van der Waals surface area (Å²) in [6, 6.07) is 7.86. The molecule has 0 aromatic heterocycles. The van der Waals surface area contributed by atoms with Crippen molar-refractivity contribution in [3.8, 4) is 5.75 Å². The fraction of sp³-hybridized carbons (Fsp3) is 0.308. The Labute approximate surface area is 95.4 Å². The van der Waals surface area contributed by atoms with E-state index in [0.717, 1.165) is 24.7 Å². The van der Waals surface area contributed by atoms with E-state index in [1.807, 2.05) is 24.3 Å². The number of carboxylic acid groups (broad SMARTS) is 1. The average molecular weight is 220 g/mol. The van der Waals surface area contributed by atoms with Crippen molar-refractivity contribution in [1.29, 1.82) is 0 Å². The topological polar surface area (TPSA) is 46.5 Å². The Morgan fingerprint density at radius 3 is 2.62 bits per heavy atom. The van der Waals surface area contributed by atoms with Gasteiger partial charge in [0.05, 0.1) is 0 Å². The number of hydrogen-bond acceptors (Lipinski definition) is 2. The van der Waals surface area contributed by atoms with Crippen LogP contribution in [0, 0.1) is 0 Å². The number of aryl methyl sites for hydroxylation is 1. The first-order valence-electron chi connectivity index (χ1n) is 5.33. The molecule has 0 amide bonds. The Kier molecular flexibility index (Phi) is 5.12. The SMILES string of the molecule is CCCc1ccc(OC/C=C/C(=O)O)cc1. The minimum absolute atomic E-state index is 0.277. The van der Waals surface area contributed by atoms with Gasteiger partial charge in [-0.15, -0.1) is 0 Å². The predicted octanol–water partition coefficient (Wildman–Crippen LogP) is 2.66. The molecule has 0 spiro atoms. The molecule has 1 aromatic carbocycles. The maximum Gasteiger partial charge on any atom is 0.328 e. The van der Waals surface area contributed by atoms with E-state index in [0.29, 0.717) is 0 Å². The highest BCUT2D eigenvalue weighted by Gasteiger charge is 1.94. The molecule has 0 bridgehead atoms. The standard InChI is InChI=1S/C13H16O3/c1-2-4-11-6-8-12(9-7-11)16-10-3-5-13(14)15/h3,5-9H,2,4,10H2,1H3,(H,14,15)/b5-3+. The van der Waals surface area contributed by atoms with Crippen LogP contribution in [-0.4, -0.2) is 17.7 Å². The van der Waals surface area contributed by atoms with Gasteiger partial charge in [0, 0.05) is 6.08 Å². The number of aliphatic carboxylic acids is 1. The number of carboxylic acids is 1. The van der Waals surface area contributed by atoms with Crippen molar-refractivity contribution in [2.75, 3.05) is 6.61 Å². The van der Waals surface area contributed by atoms with Crippen LogP contribution in [0.25, 0.3) is 0 Å². The van der Waals surface area contributed by atoms with Crippen LogP contribution >= 0.6 is 0 Å². The molecule has 0 saturated carbocycles. The molecule has 86 valence electrons. The first-order chi connectivity index (χ1) is 7.72. The van der Waals surface area contributed by atoms with Crippen molar-refractivity contribution in [2.24, 2.45) is 0 Å². The predicted molar refractivity (Wildman–Crippen MR) is 62.7 cm³/mol. The molecule has 0 unspecified atom stereocenters. The van der Waals surface area contributed by atoms with Crippen molar-refractivity contribution in [2.45, 2.75) is 19.8 Å². The summed E-state index contributed by atoms with van der Waals surface area (Å²) in [5.41, 5.74) is 1.29. The van der Waals surface area contributed by atoms with Gasteiger partial charge in [0.1, 0.15) is 12.4 Å². The molecule has 0 aliphatic rings. The van der Waals surface area contributed by atoms with E-state index >= 15 is 0 Å². The van der Waals surface area contributed by atoms with Gasteiger partial charge < -0.3 is 9.84 Å². The molecule has 1 N–H and O–H groups in total. The smallest absolute Gasteiger partial charge is 0.328 e. The van der Waals surface area contributed by atoms with E-state index in [9.17, 15) is 4.79 Å². The highest BCUT2D eigenvalue weighted by molar-refractivity contribution is 5.79. The molecule has 0 heterocycles. The second kappa shape index (κ2) is 6.67. The summed E-state index contributed by atoms with van der Waals surface area (Å²) in [5.74, 6) is -0.197. The third-order valence-electron chi connectivity index (χ3n) is 2.07. The molecule has 0 atom stereocenters. The van der Waals surface area contributed by atoms with Crippen LogP contribution < -0.4 is 4.74 Å². The molecule has 3 heteroatoms. The zero-order valence-electron chi connectivity index (χ0n) is 9.35. The molecule has 1 rings (SSSR count). The number of carbonyl (C=O) groups is 1. The third kappa shape index (κ3) is 4.64. The van der Waals surface area contributed by atoms with Gasteiger partial charge in [-0.25, -0.2) is 4.79 Å². The molecular formula is C13H16O3. The number of rotatable bonds is 6. The van der Waals surface area contributed by atoms with Crippen molar-refractivity contribution >= 4 is 5.97 Å². The zero-order chi connectivity index (χ0) is 11.8. The fourth-order valence-electron chi connectivity index (χ4n) is 1.33. The van der Waals surface area contributed by atoms with E-state index in [-0.39, 0.29) is 6.61 Å². The highest BCUT2D eigenvalue weighted by Crippen LogP contribution is 2.13. The first-order valence-corrected chi connectivity index (χ1v) is 5.33. The summed E-state index contributed by atoms with van der Waals surface area (Å²) in [6.45, 7) is 2.42. The molecule has 0 saturated heterocycles. The molecule has 3 nitrogen and oxygen atoms in total. The minimum Gasteiger partial charge on any atom is -0.490 e. The lowest BCUT2D eigenvalue weighted by Gasteiger charge is -2.04. The Balaban J connectivity index is 2.40. The summed E-state index contributed by atoms with van der Waals surface area (Å²) >= 11 is 0. The van der Waals surface area contributed by atoms with E-state index in [4.69, 9.17) is 9.84 Å². The summed E-state index contributed by atoms with van der Waals surface area (Å²) in [6.07, 6.45) is 4.74. The van der Waals surface area contributed by atoms with Gasteiger partial charge in [0.2, 0.25) is 0 Å². The Morgan fingerprint density at radius 1 is 1.38 bits per heavy atom. The minimum atomic E-state index is -0.957. The highest BCUT2D eigenvalue weighted by atomic mass is 16.5. The second-order valence-electron chi connectivity index (χ2n) is 3.45. The van der Waals surface area contributed by atoms with Crippen LogP contribution in [0.15, 0.2) is 36.4 Å². The fourth-order valence-corrected chi connectivity index (χ4v) is 1.33. The van der Waals surface area contributed by atoms with E-state index in [1.54, 1.807) is 0 Å². The molecule has 0 aliphatic heterocycles. The molecule has 0 aliphatic carbocycles. The Bertz CT molecular complexity index is 352. The summed E-state index contributed by atoms with van der Waals surface area (Å²) in [7, 11) is 0. The van der Waals surface area contributed by atoms with Crippen molar-refractivity contribution in [1.82, 2.24) is 0 Å². The van der Waals surface area contributed by atoms with E-state index in [1.165, 1.54) is 11.6 Å². The van der Waals surface area contributed by atoms with Gasteiger partial charge in [-0.05, 0) is 30.2 Å². The van der Waals surface area contributed by atoms with Crippen LogP contribution in [0.1, 0.15) is 18.9 Å². The van der Waals surface area contributed by atoms with Gasteiger partial charge in [-0.1, -0.05) is 25.5 Å². The van der Waals surface area contributed by atoms with Gasteiger partial charge in [0.15, 0.2) is 0 Å². The second-order valence-corrected chi connectivity index (χ2v) is 3.45. The number of benzene rings is 1. The monoisotopic (exact) mass is 220 g/mol. The van der Waals surface area contributed by atoms with Crippen molar-refractivity contribution in [3.05, 3.63) is 42.0 Å². The number of hydrogen-bond donors (Lipinski definition) is 1. The van der Waals surface area contributed by atoms with Gasteiger partial charge in [-0.3, -0.25) is 0 Å². The largest absolute Gasteiger partial charge is 0.490 e. The molecule has 0 fully saturated rings. The summed E-state index contributed by atoms with van der Waals surface area (Å²) in [4.78, 5) is 10.2. The van der Waals surface area contributed by atoms with Crippen LogP contribution in [-0.2, 0) is 11.2 Å². The molecule has 1 aromatic rings. The Hall–Kier alpha value is -1.77. The van der Waals surface area contributed by atoms with Crippen molar-refractivity contribution in [3.63, 3.8) is 0 Å². The van der Waals surface area contributed by atoms with Gasteiger partial charge >= 0.3 is 5.97 Å². The maximum absolute atomic E-state index is 10.2. The van der Waals surface area contributed by atoms with Crippen LogP contribution in [0.3, 0.4) is 0 Å². The normalized spacial score (nSPS) is 10.6. The zero-order valence-corrected chi connectivity index (χ0v) is 9.35. The average Bonchev–Trinajstić information content (AvgIpc) is 2.27. The maximum atomic E-state index is 10.2. The first kappa shape index (κ1) is 12.3. The Morgan fingerprint density at radius 2 is 2.06 bits per heavy atom. The van der Waals surface area contributed by atoms with Crippen LogP contribution in [0.2, 0.25) is 0 Å². The van der Waals surface area contributed by atoms with E-state index in [2.05, 4.69) is 6.92 Å². The van der Waals surface area contributed by atoms with Crippen LogP contribution in [0.5, 0.6) is 5.75 Å². The summed E-state index contributed by atoms with van der Waals surface area (Å²) < 4.78 is 5.34. The van der Waals surface area contributed by atoms with Crippen LogP contribution in [0.4, 0.5) is 0 Å². The van der Waals surface area contributed by atoms with E-state index < -0.39 is 5.97 Å². The lowest BCUT2D eigenvalue weighted by atomic mass is 10.1. The molecule has 0 radical (unpaired) electrons. The third-order valence-corrected chi connectivity index (χ3v) is 2.07. The molecule has 16 heavy (non-hydrogen) atoms. The van der Waals surface area contributed by atoms with Gasteiger partial charge in [0.25, 0.3) is 0 Å². The number of ether oxygens (including phenoxy) is 1. The summed E-state index contributed by atoms with van der Waals surface area (Å²) in [5, 5.41) is 8.36. The lowest BCUT2D eigenvalue weighted by molar-refractivity contribution is -0.131. The molecular weight excluding hydrogens is 204 g/mol.